The maximum absolute atomic E-state index is 11.6. The lowest BCUT2D eigenvalue weighted by Gasteiger charge is -2.33. The largest absolute Gasteiger partial charge is 0.750 e. The smallest absolute Gasteiger partial charge is 0.190 e. The van der Waals surface area contributed by atoms with Crippen LogP contribution in [0.1, 0.15) is 11.1 Å². The maximum Gasteiger partial charge on any atom is 0.190 e. The summed E-state index contributed by atoms with van der Waals surface area (Å²) in [5.74, 6) is -0.345. The van der Waals surface area contributed by atoms with Gasteiger partial charge in [0.1, 0.15) is 0 Å². The van der Waals surface area contributed by atoms with Gasteiger partial charge >= 0.3 is 0 Å². The van der Waals surface area contributed by atoms with Crippen molar-refractivity contribution in [1.29, 1.82) is 0 Å². The molecule has 0 aromatic heterocycles. The molecule has 0 bridgehead atoms. The highest BCUT2D eigenvalue weighted by Gasteiger charge is 2.36. The van der Waals surface area contributed by atoms with Crippen LogP contribution in [0.2, 0.25) is 0 Å². The van der Waals surface area contributed by atoms with Crippen molar-refractivity contribution in [3.05, 3.63) is 47.5 Å². The molecule has 0 amide bonds. The number of carbonyl (C=O) groups excluding carboxylic acids is 1. The summed E-state index contributed by atoms with van der Waals surface area (Å²) >= 11 is -2.70. The van der Waals surface area contributed by atoms with Crippen molar-refractivity contribution in [2.24, 2.45) is 0 Å². The van der Waals surface area contributed by atoms with Gasteiger partial charge in [0.15, 0.2) is 11.9 Å². The second-order valence-electron chi connectivity index (χ2n) is 3.79. The Labute approximate surface area is 100 Å². The lowest BCUT2D eigenvalue weighted by molar-refractivity contribution is -0.118. The van der Waals surface area contributed by atoms with Crippen molar-refractivity contribution >= 4 is 28.3 Å². The number of benzene rings is 1. The molecule has 0 heterocycles. The Balaban J connectivity index is 2.05. The summed E-state index contributed by atoms with van der Waals surface area (Å²) in [6, 6.07) is 7.52. The average molecular weight is 247 g/mol. The van der Waals surface area contributed by atoms with Crippen LogP contribution in [0, 0.1) is 0 Å². The van der Waals surface area contributed by atoms with Crippen molar-refractivity contribution in [3.8, 4) is 0 Å². The molecule has 17 heavy (non-hydrogen) atoms. The van der Waals surface area contributed by atoms with Crippen molar-refractivity contribution in [2.45, 2.75) is 6.10 Å². The van der Waals surface area contributed by atoms with Crippen molar-refractivity contribution in [1.82, 2.24) is 0 Å². The highest BCUT2D eigenvalue weighted by Crippen LogP contribution is 2.46. The van der Waals surface area contributed by atoms with Crippen LogP contribution in [0.15, 0.2) is 36.4 Å². The number of hydrogen-bond acceptors (Lipinski definition) is 4. The molecule has 2 aliphatic carbocycles. The Kier molecular flexibility index (Phi) is 2.32. The van der Waals surface area contributed by atoms with E-state index in [4.69, 9.17) is 0 Å². The van der Waals surface area contributed by atoms with Crippen LogP contribution in [0.5, 0.6) is 0 Å². The first-order valence-electron chi connectivity index (χ1n) is 5.01. The summed E-state index contributed by atoms with van der Waals surface area (Å²) in [6.07, 6.45) is 2.03. The predicted octanol–water partition coefficient (Wildman–Crippen LogP) is 1.23. The van der Waals surface area contributed by atoms with Gasteiger partial charge in [0, 0.05) is 5.57 Å². The molecule has 0 fully saturated rings. The average Bonchev–Trinajstić information content (AvgIpc) is 2.28. The number of rotatable bonds is 2. The third-order valence-corrected chi connectivity index (χ3v) is 3.26. The molecular weight excluding hydrogens is 240 g/mol. The van der Waals surface area contributed by atoms with E-state index in [1.807, 2.05) is 24.3 Å². The molecule has 2 aliphatic rings. The van der Waals surface area contributed by atoms with E-state index < -0.39 is 17.5 Å². The summed E-state index contributed by atoms with van der Waals surface area (Å²) in [5, 5.41) is 0. The first kappa shape index (κ1) is 10.6. The number of carbonyl (C=O) groups is 1. The van der Waals surface area contributed by atoms with Gasteiger partial charge in [-0.25, -0.2) is 4.21 Å². The molecule has 0 spiro atoms. The molecule has 1 aromatic carbocycles. The Bertz CT molecular complexity index is 600. The minimum atomic E-state index is -2.70. The second kappa shape index (κ2) is 3.73. The summed E-state index contributed by atoms with van der Waals surface area (Å²) in [5.41, 5.74) is 3.46. The topological polar surface area (TPSA) is 66.4 Å². The molecule has 0 aliphatic heterocycles. The van der Waals surface area contributed by atoms with Crippen LogP contribution in [0.4, 0.5) is 0 Å². The van der Waals surface area contributed by atoms with E-state index in [-0.39, 0.29) is 5.78 Å². The van der Waals surface area contributed by atoms with E-state index in [2.05, 4.69) is 4.18 Å². The zero-order valence-corrected chi connectivity index (χ0v) is 9.40. The van der Waals surface area contributed by atoms with E-state index in [1.165, 1.54) is 6.08 Å². The van der Waals surface area contributed by atoms with Gasteiger partial charge in [0.25, 0.3) is 0 Å². The fourth-order valence-corrected chi connectivity index (χ4v) is 2.56. The van der Waals surface area contributed by atoms with Gasteiger partial charge in [-0.3, -0.25) is 8.98 Å². The van der Waals surface area contributed by atoms with E-state index >= 15 is 0 Å². The van der Waals surface area contributed by atoms with Crippen molar-refractivity contribution in [2.75, 3.05) is 0 Å². The van der Waals surface area contributed by atoms with Crippen LogP contribution in [-0.2, 0) is 20.3 Å². The lowest BCUT2D eigenvalue weighted by atomic mass is 9.74. The van der Waals surface area contributed by atoms with Crippen LogP contribution >= 0.6 is 0 Å². The quantitative estimate of drug-likeness (QED) is 0.737. The van der Waals surface area contributed by atoms with Gasteiger partial charge < -0.3 is 4.55 Å². The summed E-state index contributed by atoms with van der Waals surface area (Å²) in [4.78, 5) is 11.6. The van der Waals surface area contributed by atoms with Crippen LogP contribution in [0.25, 0.3) is 11.1 Å². The molecule has 5 heteroatoms. The molecule has 0 saturated heterocycles. The molecule has 86 valence electrons. The van der Waals surface area contributed by atoms with Crippen molar-refractivity contribution < 1.29 is 17.7 Å². The Hall–Kier alpha value is -1.56. The van der Waals surface area contributed by atoms with Crippen LogP contribution < -0.4 is 0 Å². The molecule has 2 unspecified atom stereocenters. The summed E-state index contributed by atoms with van der Waals surface area (Å²) < 4.78 is 25.8. The fraction of sp³-hybridized carbons (Fsp3) is 0.0833. The molecule has 4 nitrogen and oxygen atoms in total. The first-order chi connectivity index (χ1) is 8.18. The SMILES string of the molecule is O=C1C=CC2=C(c3ccccc32)C1OS(=O)[O-]. The van der Waals surface area contributed by atoms with Gasteiger partial charge in [-0.05, 0) is 22.8 Å². The zero-order chi connectivity index (χ0) is 12.0. The summed E-state index contributed by atoms with van der Waals surface area (Å²) in [7, 11) is 0. The zero-order valence-electron chi connectivity index (χ0n) is 8.58. The first-order valence-corrected chi connectivity index (χ1v) is 6.01. The predicted molar refractivity (Wildman–Crippen MR) is 61.2 cm³/mol. The highest BCUT2D eigenvalue weighted by atomic mass is 32.2. The Morgan fingerprint density at radius 1 is 1.18 bits per heavy atom. The van der Waals surface area contributed by atoms with Crippen LogP contribution in [-0.4, -0.2) is 20.6 Å². The van der Waals surface area contributed by atoms with Crippen molar-refractivity contribution in [3.63, 3.8) is 0 Å². The Morgan fingerprint density at radius 3 is 2.59 bits per heavy atom. The molecule has 0 radical (unpaired) electrons. The molecular formula is C12H7O4S-. The maximum atomic E-state index is 11.6. The molecule has 2 atom stereocenters. The highest BCUT2D eigenvalue weighted by molar-refractivity contribution is 7.74. The Morgan fingerprint density at radius 2 is 1.88 bits per heavy atom. The van der Waals surface area contributed by atoms with Gasteiger partial charge in [0.05, 0.1) is 11.4 Å². The van der Waals surface area contributed by atoms with E-state index in [9.17, 15) is 13.6 Å². The normalized spacial score (nSPS) is 22.9. The third kappa shape index (κ3) is 1.51. The standard InChI is InChI=1S/C12H8O4S/c13-10-6-5-9-7-3-1-2-4-8(7)11(9)12(10)16-17(14)15/h1-6,12H,(H,14,15)/p-1. The molecule has 1 aromatic rings. The number of hydrogen-bond donors (Lipinski definition) is 0. The number of allylic oxidation sites excluding steroid dienone is 2. The number of ketones is 1. The van der Waals surface area contributed by atoms with Gasteiger partial charge in [-0.2, -0.15) is 0 Å². The lowest BCUT2D eigenvalue weighted by Crippen LogP contribution is -2.31. The van der Waals surface area contributed by atoms with E-state index in [1.54, 1.807) is 6.08 Å². The second-order valence-corrected chi connectivity index (χ2v) is 4.39. The van der Waals surface area contributed by atoms with Gasteiger partial charge in [-0.1, -0.05) is 30.3 Å². The minimum absolute atomic E-state index is 0.345. The fourth-order valence-electron chi connectivity index (χ4n) is 2.21. The van der Waals surface area contributed by atoms with Crippen LogP contribution in [0.3, 0.4) is 0 Å². The van der Waals surface area contributed by atoms with E-state index in [0.717, 1.165) is 16.7 Å². The minimum Gasteiger partial charge on any atom is -0.750 e. The van der Waals surface area contributed by atoms with Gasteiger partial charge in [0.2, 0.25) is 0 Å². The summed E-state index contributed by atoms with van der Waals surface area (Å²) in [6.45, 7) is 0. The number of fused-ring (bicyclic) bond motifs is 3. The molecule has 0 saturated carbocycles. The third-order valence-electron chi connectivity index (χ3n) is 2.91. The van der Waals surface area contributed by atoms with E-state index in [0.29, 0.717) is 5.57 Å². The van der Waals surface area contributed by atoms with Gasteiger partial charge in [-0.15, -0.1) is 0 Å². The molecule has 3 rings (SSSR count). The monoisotopic (exact) mass is 247 g/mol. The molecule has 0 N–H and O–H groups in total.